The standard InChI is InChI=1S/C11H12BrNOS/c12-11-9(5-6-14-11)10(13)4-3-8-2-1-7-15-8/h1-2,5-7,10H,3-4,13H2. The lowest BCUT2D eigenvalue weighted by Gasteiger charge is -2.08. The van der Waals surface area contributed by atoms with E-state index in [0.29, 0.717) is 0 Å². The first-order chi connectivity index (χ1) is 7.27. The number of rotatable bonds is 4. The van der Waals surface area contributed by atoms with Crippen molar-refractivity contribution in [1.29, 1.82) is 0 Å². The van der Waals surface area contributed by atoms with Gasteiger partial charge in [0.25, 0.3) is 0 Å². The number of thiophene rings is 1. The van der Waals surface area contributed by atoms with E-state index in [4.69, 9.17) is 10.2 Å². The first-order valence-electron chi connectivity index (χ1n) is 4.78. The van der Waals surface area contributed by atoms with Gasteiger partial charge in [-0.05, 0) is 46.3 Å². The molecular weight excluding hydrogens is 274 g/mol. The molecule has 2 aromatic rings. The second kappa shape index (κ2) is 4.96. The Hall–Kier alpha value is -0.580. The van der Waals surface area contributed by atoms with Gasteiger partial charge < -0.3 is 10.2 Å². The van der Waals surface area contributed by atoms with Crippen molar-refractivity contribution < 1.29 is 4.42 Å². The number of hydrogen-bond donors (Lipinski definition) is 1. The lowest BCUT2D eigenvalue weighted by Crippen LogP contribution is -2.10. The first-order valence-corrected chi connectivity index (χ1v) is 6.45. The number of furan rings is 1. The molecule has 0 aliphatic heterocycles. The lowest BCUT2D eigenvalue weighted by atomic mass is 10.1. The molecule has 1 atom stereocenters. The average Bonchev–Trinajstić information content (AvgIpc) is 2.84. The summed E-state index contributed by atoms with van der Waals surface area (Å²) in [5.74, 6) is 0. The largest absolute Gasteiger partial charge is 0.457 e. The molecule has 0 aliphatic carbocycles. The molecule has 1 unspecified atom stereocenters. The maximum absolute atomic E-state index is 6.07. The highest BCUT2D eigenvalue weighted by Gasteiger charge is 2.12. The summed E-state index contributed by atoms with van der Waals surface area (Å²) in [5, 5.41) is 2.09. The number of halogens is 1. The van der Waals surface area contributed by atoms with Crippen LogP contribution in [0.4, 0.5) is 0 Å². The SMILES string of the molecule is NC(CCc1cccs1)c1ccoc1Br. The maximum Gasteiger partial charge on any atom is 0.173 e. The monoisotopic (exact) mass is 285 g/mol. The Labute approximate surface area is 101 Å². The zero-order valence-electron chi connectivity index (χ0n) is 8.15. The van der Waals surface area contributed by atoms with Crippen molar-refractivity contribution in [3.8, 4) is 0 Å². The highest BCUT2D eigenvalue weighted by Crippen LogP contribution is 2.26. The van der Waals surface area contributed by atoms with Gasteiger partial charge in [0.2, 0.25) is 0 Å². The predicted octanol–water partition coefficient (Wildman–Crippen LogP) is 3.74. The van der Waals surface area contributed by atoms with Crippen LogP contribution in [0.1, 0.15) is 22.9 Å². The summed E-state index contributed by atoms with van der Waals surface area (Å²) in [6.07, 6.45) is 3.62. The molecule has 0 saturated heterocycles. The summed E-state index contributed by atoms with van der Waals surface area (Å²) in [7, 11) is 0. The third kappa shape index (κ3) is 2.71. The molecular formula is C11H12BrNOS. The van der Waals surface area contributed by atoms with Crippen LogP contribution in [0.2, 0.25) is 0 Å². The van der Waals surface area contributed by atoms with Crippen LogP contribution < -0.4 is 5.73 Å². The molecule has 2 N–H and O–H groups in total. The van der Waals surface area contributed by atoms with E-state index >= 15 is 0 Å². The highest BCUT2D eigenvalue weighted by atomic mass is 79.9. The minimum absolute atomic E-state index is 0.0419. The van der Waals surface area contributed by atoms with E-state index < -0.39 is 0 Å². The molecule has 80 valence electrons. The Balaban J connectivity index is 1.93. The molecule has 15 heavy (non-hydrogen) atoms. The molecule has 0 amide bonds. The smallest absolute Gasteiger partial charge is 0.173 e. The summed E-state index contributed by atoms with van der Waals surface area (Å²) >= 11 is 5.12. The van der Waals surface area contributed by atoms with E-state index in [1.54, 1.807) is 17.6 Å². The Kier molecular flexibility index (Phi) is 3.61. The van der Waals surface area contributed by atoms with Crippen molar-refractivity contribution in [3.05, 3.63) is 45.0 Å². The van der Waals surface area contributed by atoms with Gasteiger partial charge >= 0.3 is 0 Å². The van der Waals surface area contributed by atoms with Crippen molar-refractivity contribution in [2.75, 3.05) is 0 Å². The molecule has 0 saturated carbocycles. The van der Waals surface area contributed by atoms with E-state index in [0.717, 1.165) is 23.1 Å². The van der Waals surface area contributed by atoms with Crippen LogP contribution in [0.3, 0.4) is 0 Å². The van der Waals surface area contributed by atoms with E-state index in [1.165, 1.54) is 4.88 Å². The van der Waals surface area contributed by atoms with Crippen molar-refractivity contribution in [1.82, 2.24) is 0 Å². The van der Waals surface area contributed by atoms with Crippen LogP contribution in [-0.4, -0.2) is 0 Å². The van der Waals surface area contributed by atoms with Crippen LogP contribution in [0.5, 0.6) is 0 Å². The van der Waals surface area contributed by atoms with Crippen LogP contribution in [0.25, 0.3) is 0 Å². The summed E-state index contributed by atoms with van der Waals surface area (Å²) < 4.78 is 5.91. The third-order valence-corrected chi connectivity index (χ3v) is 3.91. The predicted molar refractivity (Wildman–Crippen MR) is 66.0 cm³/mol. The van der Waals surface area contributed by atoms with Crippen molar-refractivity contribution in [2.45, 2.75) is 18.9 Å². The van der Waals surface area contributed by atoms with Gasteiger partial charge in [-0.2, -0.15) is 0 Å². The number of hydrogen-bond acceptors (Lipinski definition) is 3. The molecule has 0 radical (unpaired) electrons. The second-order valence-electron chi connectivity index (χ2n) is 3.37. The average molecular weight is 286 g/mol. The maximum atomic E-state index is 6.07. The number of aryl methyl sites for hydroxylation is 1. The Morgan fingerprint density at radius 1 is 1.47 bits per heavy atom. The fourth-order valence-corrected chi connectivity index (χ4v) is 2.74. The van der Waals surface area contributed by atoms with Gasteiger partial charge in [0.05, 0.1) is 6.26 Å². The van der Waals surface area contributed by atoms with Gasteiger partial charge in [0.1, 0.15) is 0 Å². The Morgan fingerprint density at radius 2 is 2.33 bits per heavy atom. The third-order valence-electron chi connectivity index (χ3n) is 2.33. The van der Waals surface area contributed by atoms with Crippen LogP contribution in [0, 0.1) is 0 Å². The molecule has 0 aliphatic rings. The van der Waals surface area contributed by atoms with Gasteiger partial charge in [0, 0.05) is 16.5 Å². The number of nitrogens with two attached hydrogens (primary N) is 1. The van der Waals surface area contributed by atoms with Gasteiger partial charge in [-0.1, -0.05) is 6.07 Å². The topological polar surface area (TPSA) is 39.2 Å². The summed E-state index contributed by atoms with van der Waals surface area (Å²) in [5.41, 5.74) is 7.12. The first kappa shape index (κ1) is 10.9. The molecule has 0 aromatic carbocycles. The van der Waals surface area contributed by atoms with Gasteiger partial charge in [-0.3, -0.25) is 0 Å². The zero-order chi connectivity index (χ0) is 10.7. The Morgan fingerprint density at radius 3 is 2.93 bits per heavy atom. The highest BCUT2D eigenvalue weighted by molar-refractivity contribution is 9.10. The van der Waals surface area contributed by atoms with Crippen molar-refractivity contribution in [2.24, 2.45) is 5.73 Å². The van der Waals surface area contributed by atoms with E-state index in [9.17, 15) is 0 Å². The van der Waals surface area contributed by atoms with Crippen LogP contribution >= 0.6 is 27.3 Å². The van der Waals surface area contributed by atoms with Gasteiger partial charge in [-0.25, -0.2) is 0 Å². The molecule has 0 spiro atoms. The second-order valence-corrected chi connectivity index (χ2v) is 5.13. The molecule has 2 nitrogen and oxygen atoms in total. The fraction of sp³-hybridized carbons (Fsp3) is 0.273. The summed E-state index contributed by atoms with van der Waals surface area (Å²) in [6.45, 7) is 0. The fourth-order valence-electron chi connectivity index (χ4n) is 1.48. The molecule has 2 aromatic heterocycles. The molecule has 2 rings (SSSR count). The quantitative estimate of drug-likeness (QED) is 0.930. The normalized spacial score (nSPS) is 12.9. The van der Waals surface area contributed by atoms with Crippen LogP contribution in [0.15, 0.2) is 38.9 Å². The molecule has 2 heterocycles. The van der Waals surface area contributed by atoms with Gasteiger partial charge in [-0.15, -0.1) is 11.3 Å². The summed E-state index contributed by atoms with van der Waals surface area (Å²) in [4.78, 5) is 1.38. The minimum atomic E-state index is 0.0419. The van der Waals surface area contributed by atoms with E-state index in [-0.39, 0.29) is 6.04 Å². The molecule has 4 heteroatoms. The Bertz CT molecular complexity index is 410. The van der Waals surface area contributed by atoms with E-state index in [2.05, 4.69) is 33.4 Å². The molecule has 0 fully saturated rings. The van der Waals surface area contributed by atoms with E-state index in [1.807, 2.05) is 6.07 Å². The molecule has 0 bridgehead atoms. The van der Waals surface area contributed by atoms with Crippen molar-refractivity contribution >= 4 is 27.3 Å². The lowest BCUT2D eigenvalue weighted by molar-refractivity contribution is 0.527. The van der Waals surface area contributed by atoms with Crippen molar-refractivity contribution in [3.63, 3.8) is 0 Å². The zero-order valence-corrected chi connectivity index (χ0v) is 10.6. The van der Waals surface area contributed by atoms with Gasteiger partial charge in [0.15, 0.2) is 4.67 Å². The summed E-state index contributed by atoms with van der Waals surface area (Å²) in [6, 6.07) is 6.17. The van der Waals surface area contributed by atoms with Crippen LogP contribution in [-0.2, 0) is 6.42 Å². The minimum Gasteiger partial charge on any atom is -0.457 e.